The number of amides is 1. The first kappa shape index (κ1) is 14.2. The van der Waals surface area contributed by atoms with Gasteiger partial charge in [0.1, 0.15) is 0 Å². The SMILES string of the molecule is CCOC(=O)C(N)C(=O)NCCCSC. The Morgan fingerprint density at radius 1 is 1.53 bits per heavy atom. The summed E-state index contributed by atoms with van der Waals surface area (Å²) in [4.78, 5) is 22.3. The van der Waals surface area contributed by atoms with Crippen LogP contribution in [0.3, 0.4) is 0 Å². The molecule has 0 aliphatic heterocycles. The molecule has 0 aromatic heterocycles. The van der Waals surface area contributed by atoms with Gasteiger partial charge in [0.25, 0.3) is 0 Å². The molecular weight excluding hydrogens is 216 g/mol. The molecule has 0 radical (unpaired) electrons. The predicted octanol–water partition coefficient (Wildman–Crippen LogP) is -0.254. The van der Waals surface area contributed by atoms with Crippen LogP contribution in [-0.2, 0) is 14.3 Å². The highest BCUT2D eigenvalue weighted by Gasteiger charge is 2.22. The van der Waals surface area contributed by atoms with Crippen molar-refractivity contribution in [1.29, 1.82) is 0 Å². The quantitative estimate of drug-likeness (QED) is 0.360. The summed E-state index contributed by atoms with van der Waals surface area (Å²) in [7, 11) is 0. The van der Waals surface area contributed by atoms with Crippen LogP contribution in [0.15, 0.2) is 0 Å². The molecule has 1 amide bonds. The van der Waals surface area contributed by atoms with Gasteiger partial charge in [-0.3, -0.25) is 4.79 Å². The second-order valence-corrected chi connectivity index (χ2v) is 3.85. The smallest absolute Gasteiger partial charge is 0.332 e. The lowest BCUT2D eigenvalue weighted by Crippen LogP contribution is -2.47. The maximum absolute atomic E-state index is 11.3. The molecule has 1 unspecified atom stereocenters. The maximum Gasteiger partial charge on any atom is 0.332 e. The van der Waals surface area contributed by atoms with E-state index in [0.29, 0.717) is 6.54 Å². The fourth-order valence-electron chi connectivity index (χ4n) is 0.877. The van der Waals surface area contributed by atoms with Gasteiger partial charge in [-0.05, 0) is 25.4 Å². The second kappa shape index (κ2) is 8.55. The van der Waals surface area contributed by atoms with Gasteiger partial charge in [-0.25, -0.2) is 4.79 Å². The molecule has 5 nitrogen and oxygen atoms in total. The van der Waals surface area contributed by atoms with Crippen molar-refractivity contribution in [2.24, 2.45) is 5.73 Å². The molecule has 1 atom stereocenters. The first-order valence-corrected chi connectivity index (χ1v) is 6.21. The number of nitrogens with two attached hydrogens (primary N) is 1. The van der Waals surface area contributed by atoms with Gasteiger partial charge in [-0.2, -0.15) is 11.8 Å². The zero-order chi connectivity index (χ0) is 11.7. The van der Waals surface area contributed by atoms with Crippen LogP contribution in [0.4, 0.5) is 0 Å². The molecule has 0 rings (SSSR count). The highest BCUT2D eigenvalue weighted by molar-refractivity contribution is 7.98. The molecule has 15 heavy (non-hydrogen) atoms. The summed E-state index contributed by atoms with van der Waals surface area (Å²) < 4.78 is 4.62. The molecule has 0 saturated heterocycles. The van der Waals surface area contributed by atoms with Crippen molar-refractivity contribution in [2.45, 2.75) is 19.4 Å². The topological polar surface area (TPSA) is 81.4 Å². The van der Waals surface area contributed by atoms with Crippen molar-refractivity contribution >= 4 is 23.6 Å². The van der Waals surface area contributed by atoms with Crippen molar-refractivity contribution in [2.75, 3.05) is 25.2 Å². The van der Waals surface area contributed by atoms with E-state index in [1.54, 1.807) is 18.7 Å². The highest BCUT2D eigenvalue weighted by Crippen LogP contribution is 1.93. The summed E-state index contributed by atoms with van der Waals surface area (Å²) >= 11 is 1.70. The molecule has 88 valence electrons. The van der Waals surface area contributed by atoms with E-state index in [-0.39, 0.29) is 6.61 Å². The minimum atomic E-state index is -1.21. The zero-order valence-corrected chi connectivity index (χ0v) is 9.93. The summed E-state index contributed by atoms with van der Waals surface area (Å²) in [6.45, 7) is 2.43. The third-order valence-corrected chi connectivity index (χ3v) is 2.34. The first-order valence-electron chi connectivity index (χ1n) is 4.82. The molecule has 0 bridgehead atoms. The van der Waals surface area contributed by atoms with E-state index < -0.39 is 17.9 Å². The van der Waals surface area contributed by atoms with E-state index in [1.807, 2.05) is 6.26 Å². The average Bonchev–Trinajstić information content (AvgIpc) is 2.23. The van der Waals surface area contributed by atoms with Crippen molar-refractivity contribution in [3.05, 3.63) is 0 Å². The minimum absolute atomic E-state index is 0.228. The Bertz CT molecular complexity index is 212. The van der Waals surface area contributed by atoms with Gasteiger partial charge in [-0.1, -0.05) is 0 Å². The van der Waals surface area contributed by atoms with Crippen LogP contribution < -0.4 is 11.1 Å². The number of rotatable bonds is 7. The number of esters is 1. The summed E-state index contributed by atoms with van der Waals surface area (Å²) in [6, 6.07) is -1.21. The lowest BCUT2D eigenvalue weighted by Gasteiger charge is -2.10. The maximum atomic E-state index is 11.3. The third-order valence-electron chi connectivity index (χ3n) is 1.65. The molecule has 0 fully saturated rings. The monoisotopic (exact) mass is 234 g/mol. The van der Waals surface area contributed by atoms with Crippen molar-refractivity contribution in [1.82, 2.24) is 5.32 Å². The van der Waals surface area contributed by atoms with Crippen LogP contribution in [-0.4, -0.2) is 43.1 Å². The average molecular weight is 234 g/mol. The molecule has 0 spiro atoms. The Hall–Kier alpha value is -0.750. The van der Waals surface area contributed by atoms with E-state index in [1.165, 1.54) is 0 Å². The second-order valence-electron chi connectivity index (χ2n) is 2.87. The number of hydrogen-bond acceptors (Lipinski definition) is 5. The van der Waals surface area contributed by atoms with Gasteiger partial charge >= 0.3 is 5.97 Å². The number of nitrogens with one attached hydrogen (secondary N) is 1. The van der Waals surface area contributed by atoms with E-state index in [9.17, 15) is 9.59 Å². The van der Waals surface area contributed by atoms with Gasteiger partial charge < -0.3 is 15.8 Å². The van der Waals surface area contributed by atoms with E-state index in [0.717, 1.165) is 12.2 Å². The van der Waals surface area contributed by atoms with Crippen LogP contribution in [0.1, 0.15) is 13.3 Å². The fraction of sp³-hybridized carbons (Fsp3) is 0.778. The van der Waals surface area contributed by atoms with E-state index in [2.05, 4.69) is 10.1 Å². The van der Waals surface area contributed by atoms with Gasteiger partial charge in [-0.15, -0.1) is 0 Å². The van der Waals surface area contributed by atoms with Gasteiger partial charge in [0.05, 0.1) is 6.61 Å². The molecule has 3 N–H and O–H groups in total. The number of ether oxygens (including phenoxy) is 1. The summed E-state index contributed by atoms with van der Waals surface area (Å²) in [5.41, 5.74) is 5.37. The van der Waals surface area contributed by atoms with Crippen LogP contribution in [0.2, 0.25) is 0 Å². The van der Waals surface area contributed by atoms with E-state index >= 15 is 0 Å². The Kier molecular flexibility index (Phi) is 8.12. The lowest BCUT2D eigenvalue weighted by atomic mass is 10.3. The molecule has 0 heterocycles. The Labute approximate surface area is 94.1 Å². The summed E-state index contributed by atoms with van der Waals surface area (Å²) in [6.07, 6.45) is 2.86. The Morgan fingerprint density at radius 3 is 2.73 bits per heavy atom. The van der Waals surface area contributed by atoms with Crippen molar-refractivity contribution < 1.29 is 14.3 Å². The molecule has 0 aliphatic rings. The van der Waals surface area contributed by atoms with Crippen LogP contribution in [0, 0.1) is 0 Å². The van der Waals surface area contributed by atoms with Crippen LogP contribution >= 0.6 is 11.8 Å². The number of thioether (sulfide) groups is 1. The normalized spacial score (nSPS) is 11.9. The molecule has 0 saturated carbocycles. The van der Waals surface area contributed by atoms with Crippen molar-refractivity contribution in [3.63, 3.8) is 0 Å². The Morgan fingerprint density at radius 2 is 2.20 bits per heavy atom. The summed E-state index contributed by atoms with van der Waals surface area (Å²) in [5.74, 6) is -0.191. The van der Waals surface area contributed by atoms with Crippen molar-refractivity contribution in [3.8, 4) is 0 Å². The van der Waals surface area contributed by atoms with Gasteiger partial charge in [0.2, 0.25) is 5.91 Å². The number of carbonyl (C=O) groups is 2. The Balaban J connectivity index is 3.73. The number of hydrogen-bond donors (Lipinski definition) is 2. The van der Waals surface area contributed by atoms with Crippen LogP contribution in [0.5, 0.6) is 0 Å². The number of carbonyl (C=O) groups excluding carboxylic acids is 2. The first-order chi connectivity index (χ1) is 7.13. The standard InChI is InChI=1S/C9H18N2O3S/c1-3-14-9(13)7(10)8(12)11-5-4-6-15-2/h7H,3-6,10H2,1-2H3,(H,11,12). The molecule has 0 aliphatic carbocycles. The highest BCUT2D eigenvalue weighted by atomic mass is 32.2. The largest absolute Gasteiger partial charge is 0.464 e. The minimum Gasteiger partial charge on any atom is -0.464 e. The zero-order valence-electron chi connectivity index (χ0n) is 9.12. The fourth-order valence-corrected chi connectivity index (χ4v) is 1.31. The molecular formula is C9H18N2O3S. The molecule has 0 aromatic carbocycles. The summed E-state index contributed by atoms with van der Waals surface area (Å²) in [5, 5.41) is 2.58. The predicted molar refractivity (Wildman–Crippen MR) is 60.6 cm³/mol. The third kappa shape index (κ3) is 6.35. The molecule has 6 heteroatoms. The van der Waals surface area contributed by atoms with Gasteiger partial charge in [0.15, 0.2) is 6.04 Å². The van der Waals surface area contributed by atoms with Crippen LogP contribution in [0.25, 0.3) is 0 Å². The van der Waals surface area contributed by atoms with E-state index in [4.69, 9.17) is 5.73 Å². The lowest BCUT2D eigenvalue weighted by molar-refractivity contribution is -0.147. The molecule has 0 aromatic rings. The van der Waals surface area contributed by atoms with Gasteiger partial charge in [0, 0.05) is 6.54 Å².